The van der Waals surface area contributed by atoms with Crippen molar-refractivity contribution < 1.29 is 0 Å². The van der Waals surface area contributed by atoms with Crippen molar-refractivity contribution in [1.29, 1.82) is 0 Å². The lowest BCUT2D eigenvalue weighted by Gasteiger charge is -2.20. The molecule has 0 spiro atoms. The Hall–Kier alpha value is -1.02. The Bertz CT molecular complexity index is 303. The fourth-order valence-corrected chi connectivity index (χ4v) is 1.62. The van der Waals surface area contributed by atoms with Crippen LogP contribution in [-0.4, -0.2) is 33.1 Å². The van der Waals surface area contributed by atoms with E-state index in [9.17, 15) is 0 Å². The van der Waals surface area contributed by atoms with E-state index < -0.39 is 0 Å². The Morgan fingerprint density at radius 3 is 2.21 bits per heavy atom. The second-order valence-corrected chi connectivity index (χ2v) is 4.26. The largest absolute Gasteiger partial charge is 0.377 e. The predicted octanol–water partition coefficient (Wildman–Crippen LogP) is 2.12. The normalized spacial score (nSPS) is 10.7. The fourth-order valence-electron chi connectivity index (χ4n) is 1.62. The van der Waals surface area contributed by atoms with Gasteiger partial charge in [-0.2, -0.15) is 0 Å². The van der Waals surface area contributed by atoms with Crippen LogP contribution < -0.4 is 4.90 Å². The van der Waals surface area contributed by atoms with Crippen molar-refractivity contribution >= 4 is 5.69 Å². The lowest BCUT2D eigenvalue weighted by molar-refractivity contribution is 0.402. The minimum Gasteiger partial charge on any atom is -0.377 e. The summed E-state index contributed by atoms with van der Waals surface area (Å²) in [6.07, 6.45) is 0. The summed E-state index contributed by atoms with van der Waals surface area (Å²) in [5.74, 6) is 0. The van der Waals surface area contributed by atoms with Crippen molar-refractivity contribution in [3.8, 4) is 0 Å². The van der Waals surface area contributed by atoms with Gasteiger partial charge in [0.15, 0.2) is 0 Å². The molecule has 0 unspecified atom stereocenters. The van der Waals surface area contributed by atoms with Gasteiger partial charge in [0.25, 0.3) is 0 Å². The fraction of sp³-hybridized carbons (Fsp3) is 0.500. The number of aryl methyl sites for hydroxylation is 1. The Morgan fingerprint density at radius 2 is 1.71 bits per heavy atom. The van der Waals surface area contributed by atoms with Gasteiger partial charge in [-0.05, 0) is 32.6 Å². The molecule has 0 aromatic heterocycles. The Labute approximate surface area is 87.1 Å². The van der Waals surface area contributed by atoms with Crippen LogP contribution in [0.25, 0.3) is 0 Å². The highest BCUT2D eigenvalue weighted by molar-refractivity contribution is 5.53. The molecule has 0 N–H and O–H groups in total. The summed E-state index contributed by atoms with van der Waals surface area (Å²) < 4.78 is 0. The van der Waals surface area contributed by atoms with Crippen molar-refractivity contribution in [2.45, 2.75) is 13.5 Å². The molecule has 78 valence electrons. The van der Waals surface area contributed by atoms with Crippen LogP contribution in [0.2, 0.25) is 0 Å². The van der Waals surface area contributed by atoms with Gasteiger partial charge in [-0.3, -0.25) is 0 Å². The van der Waals surface area contributed by atoms with Crippen LogP contribution in [-0.2, 0) is 6.54 Å². The third-order valence-corrected chi connectivity index (χ3v) is 2.20. The molecule has 0 aliphatic heterocycles. The van der Waals surface area contributed by atoms with Crippen molar-refractivity contribution in [3.63, 3.8) is 0 Å². The van der Waals surface area contributed by atoms with E-state index in [4.69, 9.17) is 0 Å². The zero-order valence-electron chi connectivity index (χ0n) is 9.83. The molecular weight excluding hydrogens is 172 g/mol. The maximum absolute atomic E-state index is 2.26. The Balaban J connectivity index is 3.03. The standard InChI is InChI=1S/C12H20N2/c1-10-6-7-12(14(4)5)11(8-10)9-13(2)3/h6-8H,9H2,1-5H3. The molecule has 2 nitrogen and oxygen atoms in total. The summed E-state index contributed by atoms with van der Waals surface area (Å²) in [6, 6.07) is 6.61. The van der Waals surface area contributed by atoms with Gasteiger partial charge < -0.3 is 9.80 Å². The third kappa shape index (κ3) is 2.74. The average Bonchev–Trinajstić information content (AvgIpc) is 2.01. The molecule has 0 aliphatic rings. The van der Waals surface area contributed by atoms with Crippen LogP contribution in [0.5, 0.6) is 0 Å². The van der Waals surface area contributed by atoms with Crippen LogP contribution in [0.1, 0.15) is 11.1 Å². The maximum Gasteiger partial charge on any atom is 0.0406 e. The molecule has 0 saturated carbocycles. The molecule has 0 bridgehead atoms. The predicted molar refractivity (Wildman–Crippen MR) is 62.9 cm³/mol. The van der Waals surface area contributed by atoms with Crippen molar-refractivity contribution in [3.05, 3.63) is 29.3 Å². The minimum atomic E-state index is 0.995. The number of hydrogen-bond acceptors (Lipinski definition) is 2. The first-order chi connectivity index (χ1) is 6.50. The summed E-state index contributed by atoms with van der Waals surface area (Å²) in [5.41, 5.74) is 4.02. The van der Waals surface area contributed by atoms with E-state index in [1.165, 1.54) is 16.8 Å². The monoisotopic (exact) mass is 192 g/mol. The first kappa shape index (κ1) is 11.1. The summed E-state index contributed by atoms with van der Waals surface area (Å²) in [6.45, 7) is 3.13. The van der Waals surface area contributed by atoms with Crippen LogP contribution in [0.15, 0.2) is 18.2 Å². The number of hydrogen-bond donors (Lipinski definition) is 0. The van der Waals surface area contributed by atoms with E-state index in [1.54, 1.807) is 0 Å². The molecule has 1 aromatic carbocycles. The maximum atomic E-state index is 2.26. The molecular formula is C12H20N2. The molecule has 1 aromatic rings. The van der Waals surface area contributed by atoms with E-state index in [2.05, 4.69) is 63.1 Å². The van der Waals surface area contributed by atoms with Gasteiger partial charge in [-0.25, -0.2) is 0 Å². The molecule has 2 heteroatoms. The van der Waals surface area contributed by atoms with Crippen molar-refractivity contribution in [1.82, 2.24) is 4.90 Å². The SMILES string of the molecule is Cc1ccc(N(C)C)c(CN(C)C)c1. The lowest BCUT2D eigenvalue weighted by Crippen LogP contribution is -2.16. The topological polar surface area (TPSA) is 6.48 Å². The van der Waals surface area contributed by atoms with Gasteiger partial charge in [0.1, 0.15) is 0 Å². The summed E-state index contributed by atoms with van der Waals surface area (Å²) >= 11 is 0. The molecule has 14 heavy (non-hydrogen) atoms. The second kappa shape index (κ2) is 4.47. The molecule has 0 aliphatic carbocycles. The molecule has 0 atom stereocenters. The Morgan fingerprint density at radius 1 is 1.07 bits per heavy atom. The highest BCUT2D eigenvalue weighted by atomic mass is 15.1. The summed E-state index contributed by atoms with van der Waals surface area (Å²) in [5, 5.41) is 0. The molecule has 0 heterocycles. The van der Waals surface area contributed by atoms with Gasteiger partial charge >= 0.3 is 0 Å². The number of benzene rings is 1. The summed E-state index contributed by atoms with van der Waals surface area (Å²) in [7, 11) is 8.37. The van der Waals surface area contributed by atoms with E-state index >= 15 is 0 Å². The number of nitrogens with zero attached hydrogens (tertiary/aromatic N) is 2. The van der Waals surface area contributed by atoms with Gasteiger partial charge in [0, 0.05) is 26.3 Å². The van der Waals surface area contributed by atoms with Crippen LogP contribution in [0.3, 0.4) is 0 Å². The zero-order valence-corrected chi connectivity index (χ0v) is 9.83. The van der Waals surface area contributed by atoms with Gasteiger partial charge in [0.05, 0.1) is 0 Å². The number of rotatable bonds is 3. The Kier molecular flexibility index (Phi) is 3.53. The molecule has 0 saturated heterocycles. The number of anilines is 1. The quantitative estimate of drug-likeness (QED) is 0.724. The van der Waals surface area contributed by atoms with Crippen LogP contribution in [0, 0.1) is 6.92 Å². The average molecular weight is 192 g/mol. The van der Waals surface area contributed by atoms with E-state index in [0.717, 1.165) is 6.54 Å². The van der Waals surface area contributed by atoms with Crippen molar-refractivity contribution in [2.24, 2.45) is 0 Å². The van der Waals surface area contributed by atoms with Gasteiger partial charge in [0.2, 0.25) is 0 Å². The highest BCUT2D eigenvalue weighted by Gasteiger charge is 2.05. The first-order valence-electron chi connectivity index (χ1n) is 4.92. The van der Waals surface area contributed by atoms with Crippen molar-refractivity contribution in [2.75, 3.05) is 33.1 Å². The second-order valence-electron chi connectivity index (χ2n) is 4.26. The van der Waals surface area contributed by atoms with E-state index in [-0.39, 0.29) is 0 Å². The summed E-state index contributed by atoms with van der Waals surface area (Å²) in [4.78, 5) is 4.36. The van der Waals surface area contributed by atoms with E-state index in [0.29, 0.717) is 0 Å². The van der Waals surface area contributed by atoms with Crippen LogP contribution >= 0.6 is 0 Å². The van der Waals surface area contributed by atoms with Gasteiger partial charge in [-0.1, -0.05) is 17.7 Å². The highest BCUT2D eigenvalue weighted by Crippen LogP contribution is 2.20. The molecule has 0 amide bonds. The smallest absolute Gasteiger partial charge is 0.0406 e. The van der Waals surface area contributed by atoms with Crippen LogP contribution in [0.4, 0.5) is 5.69 Å². The molecule has 1 rings (SSSR count). The third-order valence-electron chi connectivity index (χ3n) is 2.20. The first-order valence-corrected chi connectivity index (χ1v) is 4.92. The van der Waals surface area contributed by atoms with E-state index in [1.807, 2.05) is 0 Å². The molecule has 0 radical (unpaired) electrons. The lowest BCUT2D eigenvalue weighted by atomic mass is 10.1. The minimum absolute atomic E-state index is 0.995. The van der Waals surface area contributed by atoms with Gasteiger partial charge in [-0.15, -0.1) is 0 Å². The zero-order chi connectivity index (χ0) is 10.7. The molecule has 0 fully saturated rings.